The SMILES string of the molecule is CCC(=O)Nc1cccc(NC(=O)c2cc(-c3cccs3)nc3c2cnn3C(C)C)c1. The fourth-order valence-electron chi connectivity index (χ4n) is 3.26. The van der Waals surface area contributed by atoms with Gasteiger partial charge in [-0.15, -0.1) is 11.3 Å². The highest BCUT2D eigenvalue weighted by Crippen LogP contribution is 2.29. The average molecular weight is 434 g/mol. The molecule has 0 unspecified atom stereocenters. The molecule has 3 aromatic heterocycles. The summed E-state index contributed by atoms with van der Waals surface area (Å²) in [4.78, 5) is 30.7. The average Bonchev–Trinajstić information content (AvgIpc) is 3.43. The zero-order valence-corrected chi connectivity index (χ0v) is 18.4. The van der Waals surface area contributed by atoms with Gasteiger partial charge in [-0.1, -0.05) is 19.1 Å². The molecule has 3 heterocycles. The standard InChI is InChI=1S/C23H23N5O2S/c1-4-21(29)25-15-7-5-8-16(11-15)26-23(30)17-12-19(20-9-6-10-31-20)27-22-18(17)13-24-28(22)14(2)3/h5-14H,4H2,1-3H3,(H,25,29)(H,26,30). The monoisotopic (exact) mass is 433 g/mol. The second-order valence-corrected chi connectivity index (χ2v) is 8.34. The lowest BCUT2D eigenvalue weighted by Crippen LogP contribution is -2.14. The third kappa shape index (κ3) is 4.34. The highest BCUT2D eigenvalue weighted by molar-refractivity contribution is 7.13. The number of fused-ring (bicyclic) bond motifs is 1. The predicted molar refractivity (Wildman–Crippen MR) is 125 cm³/mol. The van der Waals surface area contributed by atoms with E-state index in [-0.39, 0.29) is 17.9 Å². The minimum absolute atomic E-state index is 0.0824. The maximum Gasteiger partial charge on any atom is 0.256 e. The van der Waals surface area contributed by atoms with Crippen molar-refractivity contribution in [2.24, 2.45) is 0 Å². The summed E-state index contributed by atoms with van der Waals surface area (Å²) in [6, 6.07) is 13.0. The van der Waals surface area contributed by atoms with Crippen molar-refractivity contribution in [3.05, 3.63) is 59.6 Å². The molecule has 2 N–H and O–H groups in total. The number of pyridine rings is 1. The molecule has 8 heteroatoms. The van der Waals surface area contributed by atoms with E-state index in [0.29, 0.717) is 34.4 Å². The Bertz CT molecular complexity index is 1240. The largest absolute Gasteiger partial charge is 0.326 e. The Kier molecular flexibility index (Phi) is 5.81. The third-order valence-corrected chi connectivity index (χ3v) is 5.69. The molecule has 0 saturated heterocycles. The maximum absolute atomic E-state index is 13.3. The Morgan fingerprint density at radius 1 is 1.10 bits per heavy atom. The van der Waals surface area contributed by atoms with Crippen LogP contribution in [-0.4, -0.2) is 26.6 Å². The molecule has 2 amide bonds. The molecule has 0 fully saturated rings. The van der Waals surface area contributed by atoms with Crippen LogP contribution in [0.1, 0.15) is 43.6 Å². The van der Waals surface area contributed by atoms with Crippen LogP contribution in [0.3, 0.4) is 0 Å². The van der Waals surface area contributed by atoms with Gasteiger partial charge in [-0.2, -0.15) is 5.10 Å². The number of thiophene rings is 1. The molecule has 0 aliphatic rings. The van der Waals surface area contributed by atoms with Gasteiger partial charge >= 0.3 is 0 Å². The summed E-state index contributed by atoms with van der Waals surface area (Å²) in [5.41, 5.74) is 3.14. The molecular formula is C23H23N5O2S. The summed E-state index contributed by atoms with van der Waals surface area (Å²) in [7, 11) is 0. The second-order valence-electron chi connectivity index (χ2n) is 7.39. The van der Waals surface area contributed by atoms with E-state index >= 15 is 0 Å². The first-order valence-corrected chi connectivity index (χ1v) is 11.0. The molecule has 1 aromatic carbocycles. The molecule has 0 aliphatic heterocycles. The van der Waals surface area contributed by atoms with Gasteiger partial charge in [0.05, 0.1) is 27.7 Å². The minimum atomic E-state index is -0.257. The lowest BCUT2D eigenvalue weighted by molar-refractivity contribution is -0.115. The van der Waals surface area contributed by atoms with Crippen LogP contribution >= 0.6 is 11.3 Å². The van der Waals surface area contributed by atoms with E-state index < -0.39 is 0 Å². The van der Waals surface area contributed by atoms with Crippen LogP contribution in [-0.2, 0) is 4.79 Å². The van der Waals surface area contributed by atoms with Gasteiger partial charge in [0.1, 0.15) is 0 Å². The van der Waals surface area contributed by atoms with E-state index in [9.17, 15) is 9.59 Å². The van der Waals surface area contributed by atoms with E-state index in [1.807, 2.05) is 36.0 Å². The van der Waals surface area contributed by atoms with Gasteiger partial charge in [-0.05, 0) is 49.6 Å². The number of aromatic nitrogens is 3. The van der Waals surface area contributed by atoms with Crippen molar-refractivity contribution < 1.29 is 9.59 Å². The Morgan fingerprint density at radius 2 is 1.87 bits per heavy atom. The van der Waals surface area contributed by atoms with Crippen molar-refractivity contribution in [3.63, 3.8) is 0 Å². The molecule has 4 aromatic rings. The highest BCUT2D eigenvalue weighted by Gasteiger charge is 2.19. The van der Waals surface area contributed by atoms with Crippen LogP contribution in [0.5, 0.6) is 0 Å². The van der Waals surface area contributed by atoms with E-state index in [1.54, 1.807) is 54.8 Å². The van der Waals surface area contributed by atoms with Crippen LogP contribution in [0, 0.1) is 0 Å². The molecule has 4 rings (SSSR count). The van der Waals surface area contributed by atoms with Crippen LogP contribution in [0.25, 0.3) is 21.6 Å². The number of carbonyl (C=O) groups excluding carboxylic acids is 2. The summed E-state index contributed by atoms with van der Waals surface area (Å²) in [5.74, 6) is -0.339. The predicted octanol–water partition coefficient (Wildman–Crippen LogP) is 5.34. The molecule has 0 bridgehead atoms. The van der Waals surface area contributed by atoms with E-state index in [0.717, 1.165) is 10.6 Å². The Balaban J connectivity index is 1.72. The highest BCUT2D eigenvalue weighted by atomic mass is 32.1. The van der Waals surface area contributed by atoms with Gasteiger partial charge < -0.3 is 10.6 Å². The Labute approximate surface area is 184 Å². The molecule has 158 valence electrons. The second kappa shape index (κ2) is 8.69. The molecule has 0 radical (unpaired) electrons. The zero-order chi connectivity index (χ0) is 22.0. The van der Waals surface area contributed by atoms with E-state index in [4.69, 9.17) is 4.98 Å². The van der Waals surface area contributed by atoms with Crippen molar-refractivity contribution in [2.75, 3.05) is 10.6 Å². The molecule has 7 nitrogen and oxygen atoms in total. The van der Waals surface area contributed by atoms with Gasteiger partial charge in [-0.25, -0.2) is 9.67 Å². The van der Waals surface area contributed by atoms with Crippen molar-refractivity contribution in [1.29, 1.82) is 0 Å². The van der Waals surface area contributed by atoms with Crippen LogP contribution in [0.15, 0.2) is 54.0 Å². The maximum atomic E-state index is 13.3. The van der Waals surface area contributed by atoms with E-state index in [2.05, 4.69) is 15.7 Å². The Morgan fingerprint density at radius 3 is 2.55 bits per heavy atom. The van der Waals surface area contributed by atoms with Gasteiger partial charge in [0.15, 0.2) is 5.65 Å². The van der Waals surface area contributed by atoms with Crippen molar-refractivity contribution in [2.45, 2.75) is 33.2 Å². The summed E-state index contributed by atoms with van der Waals surface area (Å²) < 4.78 is 1.82. The quantitative estimate of drug-likeness (QED) is 0.429. The van der Waals surface area contributed by atoms with Gasteiger partial charge in [-0.3, -0.25) is 9.59 Å². The summed E-state index contributed by atoms with van der Waals surface area (Å²) in [5, 5.41) is 12.9. The summed E-state index contributed by atoms with van der Waals surface area (Å²) in [6.45, 7) is 5.85. The molecule has 31 heavy (non-hydrogen) atoms. The topological polar surface area (TPSA) is 88.9 Å². The van der Waals surface area contributed by atoms with Crippen molar-refractivity contribution >= 4 is 45.6 Å². The number of nitrogens with zero attached hydrogens (tertiary/aromatic N) is 3. The number of hydrogen-bond acceptors (Lipinski definition) is 5. The fourth-order valence-corrected chi connectivity index (χ4v) is 3.94. The number of nitrogens with one attached hydrogen (secondary N) is 2. The first kappa shape index (κ1) is 20.7. The lowest BCUT2D eigenvalue weighted by atomic mass is 10.1. The number of hydrogen-bond donors (Lipinski definition) is 2. The number of benzene rings is 1. The number of anilines is 2. The van der Waals surface area contributed by atoms with Crippen molar-refractivity contribution in [3.8, 4) is 10.6 Å². The third-order valence-electron chi connectivity index (χ3n) is 4.80. The minimum Gasteiger partial charge on any atom is -0.326 e. The van der Waals surface area contributed by atoms with Crippen LogP contribution < -0.4 is 10.6 Å². The van der Waals surface area contributed by atoms with Gasteiger partial charge in [0, 0.05) is 23.8 Å². The normalized spacial score (nSPS) is 11.1. The number of rotatable bonds is 6. The van der Waals surface area contributed by atoms with E-state index in [1.165, 1.54) is 0 Å². The Hall–Kier alpha value is -3.52. The van der Waals surface area contributed by atoms with Crippen LogP contribution in [0.4, 0.5) is 11.4 Å². The summed E-state index contributed by atoms with van der Waals surface area (Å²) >= 11 is 1.57. The van der Waals surface area contributed by atoms with Crippen LogP contribution in [0.2, 0.25) is 0 Å². The smallest absolute Gasteiger partial charge is 0.256 e. The summed E-state index contributed by atoms with van der Waals surface area (Å²) in [6.07, 6.45) is 2.07. The zero-order valence-electron chi connectivity index (χ0n) is 17.5. The van der Waals surface area contributed by atoms with Gasteiger partial charge in [0.25, 0.3) is 5.91 Å². The molecular weight excluding hydrogens is 410 g/mol. The first-order valence-electron chi connectivity index (χ1n) is 10.1. The lowest BCUT2D eigenvalue weighted by Gasteiger charge is -2.11. The first-order chi connectivity index (χ1) is 15.0. The van der Waals surface area contributed by atoms with Gasteiger partial charge in [0.2, 0.25) is 5.91 Å². The number of carbonyl (C=O) groups is 2. The molecule has 0 atom stereocenters. The molecule has 0 saturated carbocycles. The fraction of sp³-hybridized carbons (Fsp3) is 0.217. The van der Waals surface area contributed by atoms with Crippen molar-refractivity contribution in [1.82, 2.24) is 14.8 Å². The molecule has 0 spiro atoms. The number of amides is 2. The molecule has 0 aliphatic carbocycles.